The molecule has 28 heavy (non-hydrogen) atoms. The lowest BCUT2D eigenvalue weighted by molar-refractivity contribution is -0.136. The monoisotopic (exact) mass is 397 g/mol. The van der Waals surface area contributed by atoms with E-state index in [4.69, 9.17) is 11.6 Å². The van der Waals surface area contributed by atoms with Gasteiger partial charge in [0.1, 0.15) is 6.04 Å². The number of benzene rings is 2. The van der Waals surface area contributed by atoms with Crippen molar-refractivity contribution in [2.24, 2.45) is 0 Å². The first-order valence-electron chi connectivity index (χ1n) is 8.77. The van der Waals surface area contributed by atoms with E-state index in [1.807, 2.05) is 0 Å². The van der Waals surface area contributed by atoms with Crippen molar-refractivity contribution in [2.45, 2.75) is 25.4 Å². The van der Waals surface area contributed by atoms with Crippen molar-refractivity contribution < 1.29 is 19.2 Å². The Morgan fingerprint density at radius 1 is 1.14 bits per heavy atom. The lowest BCUT2D eigenvalue weighted by atomic mass is 10.0. The first-order valence-corrected chi connectivity index (χ1v) is 9.15. The summed E-state index contributed by atoms with van der Waals surface area (Å²) in [4.78, 5) is 50.3. The molecular weight excluding hydrogens is 382 g/mol. The maximum Gasteiger partial charge on any atom is 0.255 e. The molecule has 2 N–H and O–H groups in total. The summed E-state index contributed by atoms with van der Waals surface area (Å²) in [6.45, 7) is 0.187. The molecule has 1 atom stereocenters. The number of carbonyl (C=O) groups is 4. The van der Waals surface area contributed by atoms with Gasteiger partial charge in [-0.3, -0.25) is 24.5 Å². The molecule has 1 unspecified atom stereocenters. The molecule has 0 aliphatic carbocycles. The summed E-state index contributed by atoms with van der Waals surface area (Å²) in [7, 11) is 0. The summed E-state index contributed by atoms with van der Waals surface area (Å²) < 4.78 is 0. The third-order valence-electron chi connectivity index (χ3n) is 4.92. The van der Waals surface area contributed by atoms with Crippen LogP contribution in [0.2, 0.25) is 5.02 Å². The number of piperidine rings is 1. The van der Waals surface area contributed by atoms with E-state index in [0.717, 1.165) is 0 Å². The van der Waals surface area contributed by atoms with E-state index < -0.39 is 11.9 Å². The Labute approximate surface area is 165 Å². The molecule has 0 saturated carbocycles. The number of halogens is 1. The summed E-state index contributed by atoms with van der Waals surface area (Å²) in [5.41, 5.74) is 1.99. The number of anilines is 1. The van der Waals surface area contributed by atoms with Crippen LogP contribution in [0.5, 0.6) is 0 Å². The van der Waals surface area contributed by atoms with Crippen LogP contribution in [-0.4, -0.2) is 34.6 Å². The van der Waals surface area contributed by atoms with Crippen molar-refractivity contribution in [2.75, 3.05) is 5.32 Å². The summed E-state index contributed by atoms with van der Waals surface area (Å²) in [6.07, 6.45) is 0.476. The molecule has 2 aromatic carbocycles. The molecule has 7 nitrogen and oxygen atoms in total. The molecule has 2 heterocycles. The molecule has 1 fully saturated rings. The minimum atomic E-state index is -0.700. The van der Waals surface area contributed by atoms with Crippen LogP contribution in [0.15, 0.2) is 42.5 Å². The quantitative estimate of drug-likeness (QED) is 0.777. The van der Waals surface area contributed by atoms with Crippen LogP contribution in [0.4, 0.5) is 5.69 Å². The molecule has 1 saturated heterocycles. The minimum Gasteiger partial charge on any atom is -0.322 e. The number of fused-ring (bicyclic) bond motifs is 1. The second-order valence-electron chi connectivity index (χ2n) is 6.70. The van der Waals surface area contributed by atoms with Crippen molar-refractivity contribution in [3.63, 3.8) is 0 Å². The lowest BCUT2D eigenvalue weighted by Crippen LogP contribution is -2.52. The first kappa shape index (κ1) is 18.2. The predicted molar refractivity (Wildman–Crippen MR) is 102 cm³/mol. The molecule has 0 bridgehead atoms. The van der Waals surface area contributed by atoms with Gasteiger partial charge in [-0.15, -0.1) is 0 Å². The molecular formula is C20H16ClN3O4. The molecule has 4 amide bonds. The molecule has 8 heteroatoms. The van der Waals surface area contributed by atoms with E-state index in [9.17, 15) is 19.2 Å². The molecule has 2 aromatic rings. The highest BCUT2D eigenvalue weighted by molar-refractivity contribution is 6.31. The van der Waals surface area contributed by atoms with Crippen LogP contribution < -0.4 is 10.6 Å². The van der Waals surface area contributed by atoms with Gasteiger partial charge in [0.25, 0.3) is 11.8 Å². The number of carbonyl (C=O) groups excluding carboxylic acids is 4. The van der Waals surface area contributed by atoms with Crippen LogP contribution in [0, 0.1) is 0 Å². The van der Waals surface area contributed by atoms with E-state index in [1.54, 1.807) is 42.5 Å². The second-order valence-corrected chi connectivity index (χ2v) is 7.13. The third kappa shape index (κ3) is 3.25. The molecule has 0 aromatic heterocycles. The van der Waals surface area contributed by atoms with Crippen molar-refractivity contribution >= 4 is 40.9 Å². The molecule has 4 rings (SSSR count). The van der Waals surface area contributed by atoms with Gasteiger partial charge >= 0.3 is 0 Å². The Morgan fingerprint density at radius 2 is 1.93 bits per heavy atom. The highest BCUT2D eigenvalue weighted by Crippen LogP contribution is 2.32. The van der Waals surface area contributed by atoms with Gasteiger partial charge in [-0.2, -0.15) is 0 Å². The Bertz CT molecular complexity index is 1020. The number of hydrogen-bond donors (Lipinski definition) is 2. The number of rotatable bonds is 3. The van der Waals surface area contributed by atoms with Gasteiger partial charge in [-0.05, 0) is 36.8 Å². The standard InChI is InChI=1S/C20H16ClN3O4/c21-12-4-1-3-11(9-12)18(26)22-15-6-2-5-13-14(15)10-24(20(13)28)16-7-8-17(25)23-19(16)27/h1-6,9,16H,7-8,10H2,(H,22,26)(H,23,25,27). The van der Waals surface area contributed by atoms with E-state index in [1.165, 1.54) is 4.90 Å². The molecule has 2 aliphatic heterocycles. The largest absolute Gasteiger partial charge is 0.322 e. The van der Waals surface area contributed by atoms with E-state index in [0.29, 0.717) is 27.4 Å². The average Bonchev–Trinajstić information content (AvgIpc) is 2.99. The fourth-order valence-electron chi connectivity index (χ4n) is 3.53. The SMILES string of the molecule is O=C1CCC(N2Cc3c(NC(=O)c4cccc(Cl)c4)cccc3C2=O)C(=O)N1. The van der Waals surface area contributed by atoms with Crippen molar-refractivity contribution in [1.82, 2.24) is 10.2 Å². The Morgan fingerprint density at radius 3 is 2.68 bits per heavy atom. The predicted octanol–water partition coefficient (Wildman–Crippen LogP) is 2.35. The Balaban J connectivity index is 1.58. The topological polar surface area (TPSA) is 95.6 Å². The van der Waals surface area contributed by atoms with Gasteiger partial charge in [0.05, 0.1) is 0 Å². The highest BCUT2D eigenvalue weighted by atomic mass is 35.5. The van der Waals surface area contributed by atoms with Crippen molar-refractivity contribution in [1.29, 1.82) is 0 Å². The Hall–Kier alpha value is -3.19. The maximum atomic E-state index is 12.8. The minimum absolute atomic E-state index is 0.187. The summed E-state index contributed by atoms with van der Waals surface area (Å²) in [5.74, 6) is -1.44. The average molecular weight is 398 g/mol. The fourth-order valence-corrected chi connectivity index (χ4v) is 3.72. The zero-order chi connectivity index (χ0) is 19.8. The van der Waals surface area contributed by atoms with Gasteiger partial charge < -0.3 is 10.2 Å². The number of nitrogens with one attached hydrogen (secondary N) is 2. The van der Waals surface area contributed by atoms with Crippen LogP contribution >= 0.6 is 11.6 Å². The van der Waals surface area contributed by atoms with Crippen LogP contribution in [0.1, 0.15) is 39.1 Å². The normalized spacial score (nSPS) is 18.7. The summed E-state index contributed by atoms with van der Waals surface area (Å²) in [5, 5.41) is 5.54. The van der Waals surface area contributed by atoms with Crippen molar-refractivity contribution in [3.8, 4) is 0 Å². The number of imide groups is 1. The van der Waals surface area contributed by atoms with Gasteiger partial charge in [0.15, 0.2) is 0 Å². The summed E-state index contributed by atoms with van der Waals surface area (Å²) in [6, 6.07) is 10.9. The van der Waals surface area contributed by atoms with Crippen LogP contribution in [-0.2, 0) is 16.1 Å². The van der Waals surface area contributed by atoms with E-state index >= 15 is 0 Å². The maximum absolute atomic E-state index is 12.8. The van der Waals surface area contributed by atoms with Gasteiger partial charge in [-0.1, -0.05) is 23.7 Å². The third-order valence-corrected chi connectivity index (χ3v) is 5.15. The Kier molecular flexibility index (Phi) is 4.60. The van der Waals surface area contributed by atoms with Crippen LogP contribution in [0.3, 0.4) is 0 Å². The van der Waals surface area contributed by atoms with Gasteiger partial charge in [0, 0.05) is 40.4 Å². The molecule has 0 spiro atoms. The zero-order valence-corrected chi connectivity index (χ0v) is 15.5. The smallest absolute Gasteiger partial charge is 0.255 e. The molecule has 0 radical (unpaired) electrons. The second kappa shape index (κ2) is 7.09. The number of amides is 4. The molecule has 2 aliphatic rings. The lowest BCUT2D eigenvalue weighted by Gasteiger charge is -2.29. The van der Waals surface area contributed by atoms with Gasteiger partial charge in [0.2, 0.25) is 11.8 Å². The zero-order valence-electron chi connectivity index (χ0n) is 14.7. The van der Waals surface area contributed by atoms with Crippen molar-refractivity contribution in [3.05, 3.63) is 64.2 Å². The first-order chi connectivity index (χ1) is 13.4. The van der Waals surface area contributed by atoms with Crippen LogP contribution in [0.25, 0.3) is 0 Å². The van der Waals surface area contributed by atoms with E-state index in [2.05, 4.69) is 10.6 Å². The number of hydrogen-bond acceptors (Lipinski definition) is 4. The molecule has 142 valence electrons. The van der Waals surface area contributed by atoms with Gasteiger partial charge in [-0.25, -0.2) is 0 Å². The fraction of sp³-hybridized carbons (Fsp3) is 0.200. The summed E-state index contributed by atoms with van der Waals surface area (Å²) >= 11 is 5.94. The van der Waals surface area contributed by atoms with E-state index in [-0.39, 0.29) is 37.1 Å². The number of nitrogens with zero attached hydrogens (tertiary/aromatic N) is 1. The highest BCUT2D eigenvalue weighted by Gasteiger charge is 2.39.